The van der Waals surface area contributed by atoms with Crippen molar-refractivity contribution in [1.82, 2.24) is 0 Å². The predicted octanol–water partition coefficient (Wildman–Crippen LogP) is 4.29. The molecule has 1 aromatic carbocycles. The number of hydrogen-bond donors (Lipinski definition) is 0. The zero-order chi connectivity index (χ0) is 14.9. The molecule has 0 heterocycles. The zero-order valence-corrected chi connectivity index (χ0v) is 13.1. The molecule has 0 amide bonds. The van der Waals surface area contributed by atoms with Crippen LogP contribution in [0, 0.1) is 5.21 Å². The van der Waals surface area contributed by atoms with E-state index in [2.05, 4.69) is 12.1 Å². The van der Waals surface area contributed by atoms with Crippen molar-refractivity contribution in [3.8, 4) is 0 Å². The summed E-state index contributed by atoms with van der Waals surface area (Å²) in [5.41, 5.74) is 2.16. The van der Waals surface area contributed by atoms with Crippen molar-refractivity contribution >= 4 is 5.71 Å². The molecule has 0 spiro atoms. The van der Waals surface area contributed by atoms with Crippen molar-refractivity contribution in [3.63, 3.8) is 0 Å². The molecular formula is C18H27NO2. The molecule has 0 unspecified atom stereocenters. The largest absolute Gasteiger partial charge is 0.624 e. The van der Waals surface area contributed by atoms with Gasteiger partial charge in [0.1, 0.15) is 0 Å². The van der Waals surface area contributed by atoms with E-state index in [1.54, 1.807) is 0 Å². The van der Waals surface area contributed by atoms with E-state index < -0.39 is 0 Å². The monoisotopic (exact) mass is 289 g/mol. The van der Waals surface area contributed by atoms with Crippen molar-refractivity contribution in [1.29, 1.82) is 0 Å². The van der Waals surface area contributed by atoms with E-state index in [0.29, 0.717) is 13.2 Å². The summed E-state index contributed by atoms with van der Waals surface area (Å²) in [6.45, 7) is 3.34. The Hall–Kier alpha value is -1.35. The van der Waals surface area contributed by atoms with E-state index in [9.17, 15) is 5.21 Å². The van der Waals surface area contributed by atoms with Gasteiger partial charge < -0.3 is 9.94 Å². The number of hydrogen-bond acceptors (Lipinski definition) is 2. The van der Waals surface area contributed by atoms with Crippen LogP contribution < -0.4 is 0 Å². The molecule has 0 radical (unpaired) electrons. The van der Waals surface area contributed by atoms with Gasteiger partial charge in [-0.3, -0.25) is 0 Å². The molecule has 0 saturated heterocycles. The lowest BCUT2D eigenvalue weighted by atomic mass is 9.95. The molecule has 0 N–H and O–H groups in total. The van der Waals surface area contributed by atoms with Crippen LogP contribution in [0.3, 0.4) is 0 Å². The molecule has 0 aromatic heterocycles. The van der Waals surface area contributed by atoms with Crippen LogP contribution in [-0.4, -0.2) is 23.1 Å². The first-order chi connectivity index (χ1) is 10.3. The molecule has 3 heteroatoms. The number of benzene rings is 1. The van der Waals surface area contributed by atoms with Crippen LogP contribution in [0.4, 0.5) is 0 Å². The molecule has 1 saturated carbocycles. The van der Waals surface area contributed by atoms with Crippen molar-refractivity contribution in [2.45, 2.75) is 64.5 Å². The normalized spacial score (nSPS) is 17.6. The third kappa shape index (κ3) is 5.50. The highest BCUT2D eigenvalue weighted by atomic mass is 16.5. The maximum atomic E-state index is 12.2. The van der Waals surface area contributed by atoms with Crippen LogP contribution in [0.15, 0.2) is 30.3 Å². The Kier molecular flexibility index (Phi) is 6.74. The van der Waals surface area contributed by atoms with Gasteiger partial charge in [0.05, 0.1) is 6.61 Å². The van der Waals surface area contributed by atoms with Crippen LogP contribution in [0.25, 0.3) is 0 Å². The third-order valence-corrected chi connectivity index (χ3v) is 4.22. The van der Waals surface area contributed by atoms with Gasteiger partial charge in [0.25, 0.3) is 0 Å². The Labute approximate surface area is 128 Å². The quantitative estimate of drug-likeness (QED) is 0.247. The molecule has 1 aliphatic carbocycles. The summed E-state index contributed by atoms with van der Waals surface area (Å²) < 4.78 is 6.94. The van der Waals surface area contributed by atoms with Crippen LogP contribution in [0.2, 0.25) is 0 Å². The van der Waals surface area contributed by atoms with Gasteiger partial charge in [-0.2, -0.15) is 0 Å². The molecule has 21 heavy (non-hydrogen) atoms. The van der Waals surface area contributed by atoms with Crippen LogP contribution in [-0.2, 0) is 11.3 Å². The molecule has 1 fully saturated rings. The highest BCUT2D eigenvalue weighted by Gasteiger charge is 2.21. The smallest absolute Gasteiger partial charge is 0.163 e. The summed E-state index contributed by atoms with van der Waals surface area (Å²) in [4.78, 5) is 0. The molecule has 0 atom stereocenters. The van der Waals surface area contributed by atoms with Crippen molar-refractivity contribution in [2.75, 3.05) is 6.61 Å². The van der Waals surface area contributed by atoms with Crippen LogP contribution >= 0.6 is 0 Å². The lowest BCUT2D eigenvalue weighted by molar-refractivity contribution is -0.507. The van der Waals surface area contributed by atoms with Crippen molar-refractivity contribution in [2.24, 2.45) is 0 Å². The summed E-state index contributed by atoms with van der Waals surface area (Å²) in [5.74, 6) is 0. The first kappa shape index (κ1) is 16.0. The molecule has 0 aliphatic heterocycles. The minimum Gasteiger partial charge on any atom is -0.624 e. The maximum absolute atomic E-state index is 12.2. The van der Waals surface area contributed by atoms with Gasteiger partial charge in [0, 0.05) is 32.8 Å². The zero-order valence-electron chi connectivity index (χ0n) is 13.1. The second-order valence-electron chi connectivity index (χ2n) is 5.99. The average molecular weight is 289 g/mol. The van der Waals surface area contributed by atoms with Gasteiger partial charge in [-0.25, -0.2) is 4.74 Å². The Morgan fingerprint density at radius 1 is 1.19 bits per heavy atom. The summed E-state index contributed by atoms with van der Waals surface area (Å²) in [6.07, 6.45) is 7.58. The van der Waals surface area contributed by atoms with E-state index in [4.69, 9.17) is 4.74 Å². The molecule has 1 aliphatic rings. The summed E-state index contributed by atoms with van der Waals surface area (Å²) in [5, 5.41) is 12.2. The Morgan fingerprint density at radius 3 is 2.62 bits per heavy atom. The van der Waals surface area contributed by atoms with Gasteiger partial charge in [0.15, 0.2) is 11.8 Å². The van der Waals surface area contributed by atoms with E-state index in [0.717, 1.165) is 31.4 Å². The lowest BCUT2D eigenvalue weighted by Crippen LogP contribution is -2.28. The fourth-order valence-corrected chi connectivity index (χ4v) is 2.93. The standard InChI is InChI=1S/C18H27NO2/c1-16(19(20)18-12-6-3-7-13-18)9-8-14-21-15-17-10-4-2-5-11-17/h2,4-5,10-11,18H,3,6-9,12-15H2,1H3/b19-16-. The number of ether oxygens (including phenoxy) is 1. The second-order valence-corrected chi connectivity index (χ2v) is 5.99. The first-order valence-electron chi connectivity index (χ1n) is 8.18. The van der Waals surface area contributed by atoms with Gasteiger partial charge >= 0.3 is 0 Å². The highest BCUT2D eigenvalue weighted by molar-refractivity contribution is 5.77. The minimum atomic E-state index is 0.226. The fourth-order valence-electron chi connectivity index (χ4n) is 2.93. The van der Waals surface area contributed by atoms with Gasteiger partial charge in [0.2, 0.25) is 0 Å². The van der Waals surface area contributed by atoms with Gasteiger partial charge in [-0.05, 0) is 24.8 Å². The van der Waals surface area contributed by atoms with E-state index in [-0.39, 0.29) is 6.04 Å². The molecule has 116 valence electrons. The van der Waals surface area contributed by atoms with E-state index in [1.165, 1.54) is 29.6 Å². The number of nitrogens with zero attached hydrogens (tertiary/aromatic N) is 1. The van der Waals surface area contributed by atoms with Crippen molar-refractivity contribution < 1.29 is 9.48 Å². The SMILES string of the molecule is C/C(CCCOCc1ccccc1)=[N+](/[O-])C1CCCCC1. The topological polar surface area (TPSA) is 35.3 Å². The number of rotatable bonds is 7. The molecule has 0 bridgehead atoms. The first-order valence-corrected chi connectivity index (χ1v) is 8.18. The average Bonchev–Trinajstić information content (AvgIpc) is 2.55. The summed E-state index contributed by atoms with van der Waals surface area (Å²) in [6, 6.07) is 10.4. The highest BCUT2D eigenvalue weighted by Crippen LogP contribution is 2.20. The van der Waals surface area contributed by atoms with Crippen LogP contribution in [0.5, 0.6) is 0 Å². The van der Waals surface area contributed by atoms with Crippen molar-refractivity contribution in [3.05, 3.63) is 41.1 Å². The number of hydroxylamine groups is 1. The van der Waals surface area contributed by atoms with Gasteiger partial charge in [-0.15, -0.1) is 0 Å². The molecular weight excluding hydrogens is 262 g/mol. The Balaban J connectivity index is 1.65. The molecule has 2 rings (SSSR count). The minimum absolute atomic E-state index is 0.226. The lowest BCUT2D eigenvalue weighted by Gasteiger charge is -2.22. The van der Waals surface area contributed by atoms with E-state index >= 15 is 0 Å². The molecule has 3 nitrogen and oxygen atoms in total. The third-order valence-electron chi connectivity index (χ3n) is 4.22. The van der Waals surface area contributed by atoms with Gasteiger partial charge in [-0.1, -0.05) is 36.8 Å². The van der Waals surface area contributed by atoms with E-state index in [1.807, 2.05) is 25.1 Å². The summed E-state index contributed by atoms with van der Waals surface area (Å²) >= 11 is 0. The Morgan fingerprint density at radius 2 is 1.90 bits per heavy atom. The molecule has 1 aromatic rings. The summed E-state index contributed by atoms with van der Waals surface area (Å²) in [7, 11) is 0. The second kappa shape index (κ2) is 8.83. The Bertz CT molecular complexity index is 436. The predicted molar refractivity (Wildman–Crippen MR) is 86.5 cm³/mol. The fraction of sp³-hybridized carbons (Fsp3) is 0.611. The van der Waals surface area contributed by atoms with Crippen LogP contribution in [0.1, 0.15) is 57.4 Å². The maximum Gasteiger partial charge on any atom is 0.163 e.